The number of esters is 1. The summed E-state index contributed by atoms with van der Waals surface area (Å²) in [6.45, 7) is 4.20. The minimum absolute atomic E-state index is 0.217. The van der Waals surface area contributed by atoms with Crippen LogP contribution in [0.1, 0.15) is 36.2 Å². The quantitative estimate of drug-likeness (QED) is 0.615. The Morgan fingerprint density at radius 2 is 1.79 bits per heavy atom. The maximum Gasteiger partial charge on any atom is 0.328 e. The molecule has 1 amide bonds. The summed E-state index contributed by atoms with van der Waals surface area (Å²) >= 11 is 6.15. The number of hydrogen-bond acceptors (Lipinski definition) is 5. The first-order valence-electron chi connectivity index (χ1n) is 9.28. The summed E-state index contributed by atoms with van der Waals surface area (Å²) in [5.41, 5.74) is 1.19. The van der Waals surface area contributed by atoms with Crippen LogP contribution in [0.5, 0.6) is 11.5 Å². The molecule has 0 saturated heterocycles. The summed E-state index contributed by atoms with van der Waals surface area (Å²) in [5.74, 6) is 0.240. The number of methoxy groups -OCH3 is 2. The number of benzene rings is 2. The Morgan fingerprint density at radius 1 is 1.07 bits per heavy atom. The van der Waals surface area contributed by atoms with Crippen LogP contribution in [0.2, 0.25) is 5.02 Å². The molecule has 2 aromatic rings. The highest BCUT2D eigenvalue weighted by molar-refractivity contribution is 6.31. The molecule has 0 aliphatic heterocycles. The summed E-state index contributed by atoms with van der Waals surface area (Å²) in [6, 6.07) is 11.5. The topological polar surface area (TPSA) is 73.9 Å². The molecule has 0 radical (unpaired) electrons. The first kappa shape index (κ1) is 22.6. The van der Waals surface area contributed by atoms with Gasteiger partial charge in [-0.15, -0.1) is 0 Å². The zero-order chi connectivity index (χ0) is 21.4. The highest BCUT2D eigenvalue weighted by Crippen LogP contribution is 2.29. The molecule has 156 valence electrons. The van der Waals surface area contributed by atoms with Crippen LogP contribution in [0.25, 0.3) is 0 Å². The van der Waals surface area contributed by atoms with E-state index < -0.39 is 17.9 Å². The van der Waals surface area contributed by atoms with Gasteiger partial charge in [0.05, 0.1) is 14.2 Å². The van der Waals surface area contributed by atoms with E-state index in [1.807, 2.05) is 32.0 Å². The molecule has 2 aromatic carbocycles. The Morgan fingerprint density at radius 3 is 2.41 bits per heavy atom. The van der Waals surface area contributed by atoms with Crippen molar-refractivity contribution in [2.24, 2.45) is 5.92 Å². The Balaban J connectivity index is 2.13. The fraction of sp³-hybridized carbons (Fsp3) is 0.364. The molecule has 0 aliphatic carbocycles. The zero-order valence-electron chi connectivity index (χ0n) is 17.0. The van der Waals surface area contributed by atoms with E-state index in [-0.39, 0.29) is 12.5 Å². The van der Waals surface area contributed by atoms with Gasteiger partial charge in [0.15, 0.2) is 11.5 Å². The fourth-order valence-corrected chi connectivity index (χ4v) is 2.96. The summed E-state index contributed by atoms with van der Waals surface area (Å²) in [6.07, 6.45) is 0.481. The molecular weight excluding hydrogens is 394 g/mol. The third kappa shape index (κ3) is 6.39. The lowest BCUT2D eigenvalue weighted by Gasteiger charge is -2.19. The summed E-state index contributed by atoms with van der Waals surface area (Å²) in [4.78, 5) is 24.6. The lowest BCUT2D eigenvalue weighted by molar-refractivity contribution is -0.143. The second-order valence-electron chi connectivity index (χ2n) is 6.92. The van der Waals surface area contributed by atoms with Crippen molar-refractivity contribution in [3.05, 3.63) is 58.6 Å². The Bertz CT molecular complexity index is 853. The van der Waals surface area contributed by atoms with Gasteiger partial charge in [-0.3, -0.25) is 4.79 Å². The van der Waals surface area contributed by atoms with Gasteiger partial charge in [0, 0.05) is 16.1 Å². The number of nitrogens with one attached hydrogen (secondary N) is 1. The van der Waals surface area contributed by atoms with Gasteiger partial charge >= 0.3 is 5.97 Å². The van der Waals surface area contributed by atoms with Crippen molar-refractivity contribution in [3.8, 4) is 11.5 Å². The maximum atomic E-state index is 12.6. The van der Waals surface area contributed by atoms with E-state index in [9.17, 15) is 9.59 Å². The molecule has 0 heterocycles. The zero-order valence-corrected chi connectivity index (χ0v) is 17.8. The second-order valence-corrected chi connectivity index (χ2v) is 7.33. The molecular formula is C22H26ClNO5. The fourth-order valence-electron chi connectivity index (χ4n) is 2.77. The SMILES string of the molecule is COC(=O)C(CC(C)C)NC(=O)c1ccc(OCc2ccccc2Cl)c(OC)c1. The van der Waals surface area contributed by atoms with Gasteiger partial charge in [-0.1, -0.05) is 43.6 Å². The Hall–Kier alpha value is -2.73. The summed E-state index contributed by atoms with van der Waals surface area (Å²) in [5, 5.41) is 3.34. The molecule has 1 unspecified atom stereocenters. The van der Waals surface area contributed by atoms with Crippen LogP contribution < -0.4 is 14.8 Å². The first-order chi connectivity index (χ1) is 13.8. The van der Waals surface area contributed by atoms with E-state index in [1.54, 1.807) is 24.3 Å². The third-order valence-electron chi connectivity index (χ3n) is 4.26. The van der Waals surface area contributed by atoms with Crippen LogP contribution in [0.3, 0.4) is 0 Å². The predicted octanol–water partition coefficient (Wildman–Crippen LogP) is 4.25. The minimum Gasteiger partial charge on any atom is -0.493 e. The van der Waals surface area contributed by atoms with Crippen molar-refractivity contribution in [1.82, 2.24) is 5.32 Å². The van der Waals surface area contributed by atoms with E-state index in [0.717, 1.165) is 5.56 Å². The van der Waals surface area contributed by atoms with Crippen LogP contribution >= 0.6 is 11.6 Å². The van der Waals surface area contributed by atoms with Crippen molar-refractivity contribution in [3.63, 3.8) is 0 Å². The molecule has 0 fully saturated rings. The number of ether oxygens (including phenoxy) is 3. The van der Waals surface area contributed by atoms with E-state index in [0.29, 0.717) is 28.5 Å². The number of hydrogen-bond donors (Lipinski definition) is 1. The molecule has 7 heteroatoms. The number of carbonyl (C=O) groups excluding carboxylic acids is 2. The highest BCUT2D eigenvalue weighted by Gasteiger charge is 2.23. The van der Waals surface area contributed by atoms with Crippen molar-refractivity contribution >= 4 is 23.5 Å². The third-order valence-corrected chi connectivity index (χ3v) is 4.63. The van der Waals surface area contributed by atoms with Crippen LogP contribution in [0.4, 0.5) is 0 Å². The van der Waals surface area contributed by atoms with E-state index in [1.165, 1.54) is 14.2 Å². The molecule has 0 bridgehead atoms. The van der Waals surface area contributed by atoms with Gasteiger partial charge in [-0.2, -0.15) is 0 Å². The lowest BCUT2D eigenvalue weighted by atomic mass is 10.0. The van der Waals surface area contributed by atoms with Gasteiger partial charge in [-0.25, -0.2) is 4.79 Å². The van der Waals surface area contributed by atoms with Crippen LogP contribution in [0, 0.1) is 5.92 Å². The normalized spacial score (nSPS) is 11.7. The van der Waals surface area contributed by atoms with Crippen molar-refractivity contribution < 1.29 is 23.8 Å². The first-order valence-corrected chi connectivity index (χ1v) is 9.66. The summed E-state index contributed by atoms with van der Waals surface area (Å²) < 4.78 is 16.0. The molecule has 0 aromatic heterocycles. The Labute approximate surface area is 176 Å². The van der Waals surface area contributed by atoms with Gasteiger partial charge in [0.25, 0.3) is 5.91 Å². The predicted molar refractivity (Wildman–Crippen MR) is 112 cm³/mol. The van der Waals surface area contributed by atoms with Crippen LogP contribution in [-0.2, 0) is 16.1 Å². The van der Waals surface area contributed by atoms with Gasteiger partial charge in [0.2, 0.25) is 0 Å². The van der Waals surface area contributed by atoms with Crippen molar-refractivity contribution in [1.29, 1.82) is 0 Å². The largest absolute Gasteiger partial charge is 0.493 e. The summed E-state index contributed by atoms with van der Waals surface area (Å²) in [7, 11) is 2.80. The Kier molecular flexibility index (Phi) is 8.34. The number of carbonyl (C=O) groups is 2. The average Bonchev–Trinajstić information content (AvgIpc) is 2.71. The van der Waals surface area contributed by atoms with Gasteiger partial charge < -0.3 is 19.5 Å². The van der Waals surface area contributed by atoms with Crippen molar-refractivity contribution in [2.75, 3.05) is 14.2 Å². The molecule has 0 saturated carbocycles. The molecule has 1 N–H and O–H groups in total. The van der Waals surface area contributed by atoms with E-state index in [4.69, 9.17) is 25.8 Å². The number of rotatable bonds is 9. The van der Waals surface area contributed by atoms with Crippen LogP contribution in [-0.4, -0.2) is 32.1 Å². The van der Waals surface area contributed by atoms with Gasteiger partial charge in [0.1, 0.15) is 12.6 Å². The van der Waals surface area contributed by atoms with E-state index in [2.05, 4.69) is 5.32 Å². The monoisotopic (exact) mass is 419 g/mol. The lowest BCUT2D eigenvalue weighted by Crippen LogP contribution is -2.42. The standard InChI is InChI=1S/C22H26ClNO5/c1-14(2)11-18(22(26)28-4)24-21(25)15-9-10-19(20(12-15)27-3)29-13-16-7-5-6-8-17(16)23/h5-10,12,14,18H,11,13H2,1-4H3,(H,24,25). The average molecular weight is 420 g/mol. The molecule has 29 heavy (non-hydrogen) atoms. The molecule has 0 aliphatic rings. The number of amides is 1. The molecule has 2 rings (SSSR count). The van der Waals surface area contributed by atoms with Crippen LogP contribution in [0.15, 0.2) is 42.5 Å². The maximum absolute atomic E-state index is 12.6. The molecule has 1 atom stereocenters. The second kappa shape index (κ2) is 10.7. The van der Waals surface area contributed by atoms with Crippen molar-refractivity contribution in [2.45, 2.75) is 32.9 Å². The molecule has 6 nitrogen and oxygen atoms in total. The van der Waals surface area contributed by atoms with E-state index >= 15 is 0 Å². The minimum atomic E-state index is -0.713. The molecule has 0 spiro atoms. The van der Waals surface area contributed by atoms with Gasteiger partial charge in [-0.05, 0) is 36.6 Å². The number of halogens is 1. The highest BCUT2D eigenvalue weighted by atomic mass is 35.5. The smallest absolute Gasteiger partial charge is 0.328 e.